The van der Waals surface area contributed by atoms with E-state index >= 15 is 0 Å². The summed E-state index contributed by atoms with van der Waals surface area (Å²) in [6.07, 6.45) is -0.359. The summed E-state index contributed by atoms with van der Waals surface area (Å²) in [5.74, 6) is -0.0142. The number of hydrogen-bond acceptors (Lipinski definition) is 7. The number of aromatic nitrogens is 3. The predicted octanol–water partition coefficient (Wildman–Crippen LogP) is 1.65. The molecular formula is C20H29N5O5. The first-order valence-electron chi connectivity index (χ1n) is 9.87. The molecule has 0 aromatic carbocycles. The number of nitrogens with zero attached hydrogens (tertiary/aromatic N) is 5. The maximum atomic E-state index is 12.6. The Hall–Kier alpha value is -3.04. The molecule has 2 atom stereocenters. The van der Waals surface area contributed by atoms with Crippen LogP contribution in [0.4, 0.5) is 10.6 Å². The van der Waals surface area contributed by atoms with Gasteiger partial charge in [-0.15, -0.1) is 0 Å². The van der Waals surface area contributed by atoms with Gasteiger partial charge in [-0.1, -0.05) is 0 Å². The summed E-state index contributed by atoms with van der Waals surface area (Å²) < 4.78 is 13.3. The SMILES string of the molecule is COC(=O)c1cc2n(C)c(=O)cc(N3C[C@@H](C)N(C(=O)OC(C)(C)C)C[C@@H]3C)n2n1. The van der Waals surface area contributed by atoms with Crippen molar-refractivity contribution in [3.8, 4) is 0 Å². The van der Waals surface area contributed by atoms with E-state index < -0.39 is 11.6 Å². The monoisotopic (exact) mass is 419 g/mol. The van der Waals surface area contributed by atoms with Crippen LogP contribution in [0.5, 0.6) is 0 Å². The molecular weight excluding hydrogens is 390 g/mol. The summed E-state index contributed by atoms with van der Waals surface area (Å²) in [6, 6.07) is 2.77. The van der Waals surface area contributed by atoms with Gasteiger partial charge in [0.15, 0.2) is 5.69 Å². The average Bonchev–Trinajstić information content (AvgIpc) is 3.10. The third-order valence-corrected chi connectivity index (χ3v) is 5.14. The molecule has 1 fully saturated rings. The second-order valence-corrected chi connectivity index (χ2v) is 8.67. The number of carbonyl (C=O) groups is 2. The minimum Gasteiger partial charge on any atom is -0.464 e. The number of amides is 1. The molecule has 1 aliphatic rings. The number of esters is 1. The summed E-state index contributed by atoms with van der Waals surface area (Å²) in [4.78, 5) is 40.8. The highest BCUT2D eigenvalue weighted by Gasteiger charge is 2.36. The Morgan fingerprint density at radius 2 is 1.80 bits per heavy atom. The molecule has 30 heavy (non-hydrogen) atoms. The molecule has 0 spiro atoms. The lowest BCUT2D eigenvalue weighted by Crippen LogP contribution is -2.59. The van der Waals surface area contributed by atoms with Crippen LogP contribution < -0.4 is 10.5 Å². The van der Waals surface area contributed by atoms with Gasteiger partial charge in [0.25, 0.3) is 5.56 Å². The summed E-state index contributed by atoms with van der Waals surface area (Å²) >= 11 is 0. The van der Waals surface area contributed by atoms with Crippen molar-refractivity contribution in [1.29, 1.82) is 0 Å². The lowest BCUT2D eigenvalue weighted by Gasteiger charge is -2.45. The molecule has 0 saturated carbocycles. The van der Waals surface area contributed by atoms with Crippen molar-refractivity contribution in [1.82, 2.24) is 19.1 Å². The van der Waals surface area contributed by atoms with E-state index in [9.17, 15) is 14.4 Å². The van der Waals surface area contributed by atoms with Crippen LogP contribution in [0.15, 0.2) is 16.9 Å². The fourth-order valence-corrected chi connectivity index (χ4v) is 3.59. The first-order chi connectivity index (χ1) is 13.9. The Labute approximate surface area is 175 Å². The highest BCUT2D eigenvalue weighted by molar-refractivity contribution is 5.88. The van der Waals surface area contributed by atoms with E-state index in [0.29, 0.717) is 24.6 Å². The van der Waals surface area contributed by atoms with Crippen molar-refractivity contribution in [2.45, 2.75) is 52.3 Å². The third-order valence-electron chi connectivity index (χ3n) is 5.14. The van der Waals surface area contributed by atoms with Crippen LogP contribution in [0, 0.1) is 0 Å². The Morgan fingerprint density at radius 3 is 2.40 bits per heavy atom. The summed E-state index contributed by atoms with van der Waals surface area (Å²) in [5.41, 5.74) is -0.197. The van der Waals surface area contributed by atoms with Crippen LogP contribution in [0.2, 0.25) is 0 Å². The number of anilines is 1. The highest BCUT2D eigenvalue weighted by atomic mass is 16.6. The second kappa shape index (κ2) is 7.66. The summed E-state index contributed by atoms with van der Waals surface area (Å²) in [5, 5.41) is 4.36. The van der Waals surface area contributed by atoms with E-state index in [1.807, 2.05) is 39.5 Å². The number of rotatable bonds is 2. The van der Waals surface area contributed by atoms with Gasteiger partial charge in [-0.2, -0.15) is 9.61 Å². The Morgan fingerprint density at radius 1 is 1.13 bits per heavy atom. The Bertz CT molecular complexity index is 1030. The Balaban J connectivity index is 1.97. The van der Waals surface area contributed by atoms with Gasteiger partial charge < -0.3 is 19.3 Å². The number of carbonyl (C=O) groups excluding carboxylic acids is 2. The fourth-order valence-electron chi connectivity index (χ4n) is 3.59. The van der Waals surface area contributed by atoms with Gasteiger partial charge in [0.2, 0.25) is 0 Å². The molecule has 0 unspecified atom stereocenters. The van der Waals surface area contributed by atoms with Gasteiger partial charge in [-0.05, 0) is 34.6 Å². The van der Waals surface area contributed by atoms with Crippen LogP contribution in [0.25, 0.3) is 5.65 Å². The van der Waals surface area contributed by atoms with Gasteiger partial charge in [-0.3, -0.25) is 9.36 Å². The molecule has 1 aliphatic heterocycles. The van der Waals surface area contributed by atoms with E-state index in [0.717, 1.165) is 0 Å². The number of piperazine rings is 1. The lowest BCUT2D eigenvalue weighted by molar-refractivity contribution is 0.0129. The topological polar surface area (TPSA) is 98.4 Å². The molecule has 1 amide bonds. The molecule has 2 aromatic heterocycles. The van der Waals surface area contributed by atoms with E-state index in [-0.39, 0.29) is 29.4 Å². The molecule has 10 nitrogen and oxygen atoms in total. The van der Waals surface area contributed by atoms with Gasteiger partial charge in [-0.25, -0.2) is 9.59 Å². The zero-order valence-electron chi connectivity index (χ0n) is 18.5. The van der Waals surface area contributed by atoms with Crippen LogP contribution in [0.3, 0.4) is 0 Å². The zero-order valence-corrected chi connectivity index (χ0v) is 18.5. The summed E-state index contributed by atoms with van der Waals surface area (Å²) in [6.45, 7) is 10.3. The molecule has 2 aromatic rings. The molecule has 0 N–H and O–H groups in total. The fraction of sp³-hybridized carbons (Fsp3) is 0.600. The number of ether oxygens (including phenoxy) is 2. The van der Waals surface area contributed by atoms with Crippen LogP contribution >= 0.6 is 0 Å². The second-order valence-electron chi connectivity index (χ2n) is 8.67. The zero-order chi connectivity index (χ0) is 22.4. The number of aryl methyl sites for hydroxylation is 1. The molecule has 3 heterocycles. The van der Waals surface area contributed by atoms with Crippen molar-refractivity contribution >= 4 is 23.5 Å². The maximum absolute atomic E-state index is 12.6. The molecule has 164 valence electrons. The minimum absolute atomic E-state index is 0.102. The first kappa shape index (κ1) is 21.7. The molecule has 3 rings (SSSR count). The van der Waals surface area contributed by atoms with Gasteiger partial charge in [0.1, 0.15) is 17.1 Å². The lowest BCUT2D eigenvalue weighted by atomic mass is 10.1. The van der Waals surface area contributed by atoms with Crippen molar-refractivity contribution in [2.24, 2.45) is 7.05 Å². The molecule has 0 bridgehead atoms. The van der Waals surface area contributed by atoms with E-state index in [2.05, 4.69) is 5.10 Å². The normalized spacial score (nSPS) is 19.8. The van der Waals surface area contributed by atoms with Crippen molar-refractivity contribution < 1.29 is 19.1 Å². The van der Waals surface area contributed by atoms with Gasteiger partial charge in [0.05, 0.1) is 7.11 Å². The van der Waals surface area contributed by atoms with Gasteiger partial charge in [0, 0.05) is 44.4 Å². The largest absolute Gasteiger partial charge is 0.464 e. The molecule has 10 heteroatoms. The molecule has 1 saturated heterocycles. The third kappa shape index (κ3) is 3.99. The Kier molecular flexibility index (Phi) is 5.53. The quantitative estimate of drug-likeness (QED) is 0.683. The van der Waals surface area contributed by atoms with Crippen molar-refractivity contribution in [2.75, 3.05) is 25.1 Å². The maximum Gasteiger partial charge on any atom is 0.410 e. The smallest absolute Gasteiger partial charge is 0.410 e. The number of fused-ring (bicyclic) bond motifs is 1. The van der Waals surface area contributed by atoms with Crippen molar-refractivity contribution in [3.63, 3.8) is 0 Å². The highest BCUT2D eigenvalue weighted by Crippen LogP contribution is 2.25. The van der Waals surface area contributed by atoms with Crippen LogP contribution in [-0.2, 0) is 16.5 Å². The van der Waals surface area contributed by atoms with Crippen LogP contribution in [0.1, 0.15) is 45.1 Å². The summed E-state index contributed by atoms with van der Waals surface area (Å²) in [7, 11) is 2.91. The molecule has 0 aliphatic carbocycles. The predicted molar refractivity (Wildman–Crippen MR) is 111 cm³/mol. The van der Waals surface area contributed by atoms with Crippen LogP contribution in [-0.4, -0.2) is 69.0 Å². The standard InChI is InChI=1S/C20H29N5O5/c1-12-11-24(19(28)30-20(3,4)5)13(2)10-23(12)16-9-17(26)22(6)15-8-14(18(27)29-7)21-25(15)16/h8-9,12-13H,10-11H2,1-7H3/t12-,13+/m0/s1. The first-order valence-corrected chi connectivity index (χ1v) is 9.87. The van der Waals surface area contributed by atoms with E-state index in [1.54, 1.807) is 16.5 Å². The van der Waals surface area contributed by atoms with E-state index in [4.69, 9.17) is 9.47 Å². The minimum atomic E-state index is -0.576. The van der Waals surface area contributed by atoms with E-state index in [1.165, 1.54) is 23.8 Å². The van der Waals surface area contributed by atoms with Crippen molar-refractivity contribution in [3.05, 3.63) is 28.2 Å². The molecule has 0 radical (unpaired) electrons. The van der Waals surface area contributed by atoms with Gasteiger partial charge >= 0.3 is 12.1 Å². The number of methoxy groups -OCH3 is 1. The average molecular weight is 419 g/mol. The number of hydrogen-bond donors (Lipinski definition) is 0.